The Bertz CT molecular complexity index is 951. The summed E-state index contributed by atoms with van der Waals surface area (Å²) in [7, 11) is 4.54. The quantitative estimate of drug-likeness (QED) is 0.705. The van der Waals surface area contributed by atoms with E-state index in [1.165, 1.54) is 44.4 Å². The normalized spacial score (nSPS) is 16.1. The van der Waals surface area contributed by atoms with Crippen LogP contribution in [0.1, 0.15) is 12.0 Å². The van der Waals surface area contributed by atoms with Crippen LogP contribution >= 0.6 is 0 Å². The maximum Gasteiger partial charge on any atom is 0.244 e. The lowest BCUT2D eigenvalue weighted by Gasteiger charge is -2.17. The monoisotopic (exact) mass is 414 g/mol. The van der Waals surface area contributed by atoms with Crippen LogP contribution in [0.3, 0.4) is 0 Å². The molecule has 2 aromatic carbocycles. The van der Waals surface area contributed by atoms with Crippen LogP contribution in [-0.2, 0) is 9.59 Å². The first-order valence-electron chi connectivity index (χ1n) is 9.29. The van der Waals surface area contributed by atoms with Crippen LogP contribution in [0, 0.1) is 5.82 Å². The molecule has 2 amide bonds. The molecule has 0 spiro atoms. The molecule has 3 rings (SSSR count). The van der Waals surface area contributed by atoms with Crippen molar-refractivity contribution in [1.29, 1.82) is 0 Å². The minimum absolute atomic E-state index is 0.153. The van der Waals surface area contributed by atoms with E-state index in [0.717, 1.165) is 0 Å². The Kier molecular flexibility index (Phi) is 6.56. The minimum atomic E-state index is -0.416. The molecule has 0 aromatic heterocycles. The smallest absolute Gasteiger partial charge is 0.244 e. The van der Waals surface area contributed by atoms with Crippen molar-refractivity contribution in [1.82, 2.24) is 5.32 Å². The maximum atomic E-state index is 13.4. The van der Waals surface area contributed by atoms with E-state index in [4.69, 9.17) is 14.2 Å². The summed E-state index contributed by atoms with van der Waals surface area (Å²) in [5.74, 6) is 0.486. The molecule has 30 heavy (non-hydrogen) atoms. The van der Waals surface area contributed by atoms with Gasteiger partial charge in [0.05, 0.1) is 27.4 Å². The van der Waals surface area contributed by atoms with Gasteiger partial charge in [-0.1, -0.05) is 6.07 Å². The van der Waals surface area contributed by atoms with E-state index >= 15 is 0 Å². The van der Waals surface area contributed by atoms with Crippen LogP contribution in [-0.4, -0.2) is 45.7 Å². The lowest BCUT2D eigenvalue weighted by molar-refractivity contribution is -0.117. The third-order valence-electron chi connectivity index (χ3n) is 4.71. The molecule has 1 fully saturated rings. The van der Waals surface area contributed by atoms with Crippen LogP contribution in [0.15, 0.2) is 42.5 Å². The van der Waals surface area contributed by atoms with E-state index in [2.05, 4.69) is 5.32 Å². The molecule has 1 aliphatic rings. The van der Waals surface area contributed by atoms with E-state index in [1.807, 2.05) is 0 Å². The van der Waals surface area contributed by atoms with Crippen molar-refractivity contribution >= 4 is 23.6 Å². The topological polar surface area (TPSA) is 77.1 Å². The standard InChI is InChI=1S/C22H23FN2O5/c1-28-18-9-14(10-19(29-2)22(18)30-3)7-8-20(26)24-16-12-21(27)25(13-16)17-6-4-5-15(23)11-17/h4-11,16H,12-13H2,1-3H3,(H,24,26)/b8-7+. The molecule has 2 aromatic rings. The molecular weight excluding hydrogens is 391 g/mol. The molecule has 1 saturated heterocycles. The largest absolute Gasteiger partial charge is 0.493 e. The zero-order chi connectivity index (χ0) is 21.7. The number of amides is 2. The number of nitrogens with zero attached hydrogens (tertiary/aromatic N) is 1. The second-order valence-corrected chi connectivity index (χ2v) is 6.69. The number of methoxy groups -OCH3 is 3. The van der Waals surface area contributed by atoms with E-state index < -0.39 is 5.82 Å². The summed E-state index contributed by atoms with van der Waals surface area (Å²) in [5, 5.41) is 2.80. The van der Waals surface area contributed by atoms with E-state index in [9.17, 15) is 14.0 Å². The number of nitrogens with one attached hydrogen (secondary N) is 1. The summed E-state index contributed by atoms with van der Waals surface area (Å²) in [5.41, 5.74) is 1.16. The summed E-state index contributed by atoms with van der Waals surface area (Å²) < 4.78 is 29.3. The molecule has 7 nitrogen and oxygen atoms in total. The van der Waals surface area contributed by atoms with Gasteiger partial charge in [-0.15, -0.1) is 0 Å². The molecule has 0 radical (unpaired) electrons. The Morgan fingerprint density at radius 3 is 2.43 bits per heavy atom. The molecular formula is C22H23FN2O5. The van der Waals surface area contributed by atoms with Crippen LogP contribution < -0.4 is 24.4 Å². The maximum absolute atomic E-state index is 13.4. The zero-order valence-electron chi connectivity index (χ0n) is 17.0. The predicted octanol–water partition coefficient (Wildman–Crippen LogP) is 2.79. The Labute approximate surface area is 174 Å². The third-order valence-corrected chi connectivity index (χ3v) is 4.71. The first kappa shape index (κ1) is 21.2. The Hall–Kier alpha value is -3.55. The molecule has 0 aliphatic carbocycles. The van der Waals surface area contributed by atoms with Crippen molar-refractivity contribution in [2.75, 3.05) is 32.8 Å². The predicted molar refractivity (Wildman–Crippen MR) is 110 cm³/mol. The van der Waals surface area contributed by atoms with Crippen LogP contribution in [0.25, 0.3) is 6.08 Å². The van der Waals surface area contributed by atoms with Gasteiger partial charge in [-0.05, 0) is 42.0 Å². The highest BCUT2D eigenvalue weighted by Gasteiger charge is 2.31. The van der Waals surface area contributed by atoms with Crippen molar-refractivity contribution < 1.29 is 28.2 Å². The zero-order valence-corrected chi connectivity index (χ0v) is 17.0. The van der Waals surface area contributed by atoms with Crippen molar-refractivity contribution in [2.24, 2.45) is 0 Å². The first-order chi connectivity index (χ1) is 14.4. The molecule has 1 atom stereocenters. The molecule has 158 valence electrons. The number of hydrogen-bond acceptors (Lipinski definition) is 5. The fourth-order valence-electron chi connectivity index (χ4n) is 3.32. The average Bonchev–Trinajstić information content (AvgIpc) is 3.11. The van der Waals surface area contributed by atoms with Gasteiger partial charge >= 0.3 is 0 Å². The van der Waals surface area contributed by atoms with Crippen molar-refractivity contribution in [3.63, 3.8) is 0 Å². The van der Waals surface area contributed by atoms with E-state index in [0.29, 0.717) is 28.5 Å². The third kappa shape index (κ3) is 4.71. The summed E-state index contributed by atoms with van der Waals surface area (Å²) >= 11 is 0. The lowest BCUT2D eigenvalue weighted by Crippen LogP contribution is -2.36. The van der Waals surface area contributed by atoms with Crippen LogP contribution in [0.2, 0.25) is 0 Å². The number of carbonyl (C=O) groups excluding carboxylic acids is 2. The minimum Gasteiger partial charge on any atom is -0.493 e. The number of ether oxygens (including phenoxy) is 3. The fourth-order valence-corrected chi connectivity index (χ4v) is 3.32. The summed E-state index contributed by atoms with van der Waals surface area (Å²) in [4.78, 5) is 26.1. The molecule has 1 heterocycles. The van der Waals surface area contributed by atoms with Crippen molar-refractivity contribution in [3.05, 3.63) is 53.9 Å². The first-order valence-corrected chi connectivity index (χ1v) is 9.29. The highest BCUT2D eigenvalue weighted by molar-refractivity contribution is 5.98. The van der Waals surface area contributed by atoms with Crippen molar-refractivity contribution in [2.45, 2.75) is 12.5 Å². The highest BCUT2D eigenvalue weighted by atomic mass is 19.1. The fraction of sp³-hybridized carbons (Fsp3) is 0.273. The van der Waals surface area contributed by atoms with E-state index in [1.54, 1.807) is 30.3 Å². The molecule has 8 heteroatoms. The van der Waals surface area contributed by atoms with Gasteiger partial charge in [0.15, 0.2) is 11.5 Å². The van der Waals surface area contributed by atoms with Gasteiger partial charge in [-0.25, -0.2) is 4.39 Å². The second kappa shape index (κ2) is 9.30. The van der Waals surface area contributed by atoms with Gasteiger partial charge in [-0.3, -0.25) is 9.59 Å². The molecule has 0 saturated carbocycles. The van der Waals surface area contributed by atoms with Gasteiger partial charge in [0.2, 0.25) is 17.6 Å². The number of halogens is 1. The van der Waals surface area contributed by atoms with Crippen LogP contribution in [0.5, 0.6) is 17.2 Å². The number of hydrogen-bond donors (Lipinski definition) is 1. The van der Waals surface area contributed by atoms with Gasteiger partial charge in [0.25, 0.3) is 0 Å². The van der Waals surface area contributed by atoms with Gasteiger partial charge in [0.1, 0.15) is 5.82 Å². The lowest BCUT2D eigenvalue weighted by atomic mass is 10.1. The second-order valence-electron chi connectivity index (χ2n) is 6.69. The molecule has 0 bridgehead atoms. The number of benzene rings is 2. The van der Waals surface area contributed by atoms with E-state index in [-0.39, 0.29) is 30.8 Å². The van der Waals surface area contributed by atoms with Crippen LogP contribution in [0.4, 0.5) is 10.1 Å². The van der Waals surface area contributed by atoms with Gasteiger partial charge in [0, 0.05) is 24.7 Å². The highest BCUT2D eigenvalue weighted by Crippen LogP contribution is 2.38. The van der Waals surface area contributed by atoms with Crippen molar-refractivity contribution in [3.8, 4) is 17.2 Å². The van der Waals surface area contributed by atoms with Gasteiger partial charge < -0.3 is 24.4 Å². The summed E-state index contributed by atoms with van der Waals surface area (Å²) in [6.07, 6.45) is 3.14. The molecule has 1 N–H and O–H groups in total. The number of rotatable bonds is 7. The Morgan fingerprint density at radius 2 is 1.83 bits per heavy atom. The Balaban J connectivity index is 1.66. The summed E-state index contributed by atoms with van der Waals surface area (Å²) in [6, 6.07) is 8.90. The number of anilines is 1. The summed E-state index contributed by atoms with van der Waals surface area (Å²) in [6.45, 7) is 0.284. The van der Waals surface area contributed by atoms with Gasteiger partial charge in [-0.2, -0.15) is 0 Å². The molecule has 1 unspecified atom stereocenters. The Morgan fingerprint density at radius 1 is 1.13 bits per heavy atom. The SMILES string of the molecule is COc1cc(/C=C/C(=O)NC2CC(=O)N(c3cccc(F)c3)C2)cc(OC)c1OC. The number of carbonyl (C=O) groups is 2. The average molecular weight is 414 g/mol. The molecule has 1 aliphatic heterocycles.